The van der Waals surface area contributed by atoms with Crippen molar-refractivity contribution < 1.29 is 19.1 Å². The van der Waals surface area contributed by atoms with Crippen molar-refractivity contribution in [1.29, 1.82) is 0 Å². The number of hydrogen-bond acceptors (Lipinski definition) is 4. The minimum atomic E-state index is -1.30. The topological polar surface area (TPSA) is 60.8 Å². The maximum Gasteiger partial charge on any atom is 0.355 e. The van der Waals surface area contributed by atoms with Gasteiger partial charge in [0.25, 0.3) is 5.91 Å². The van der Waals surface area contributed by atoms with E-state index < -0.39 is 14.0 Å². The van der Waals surface area contributed by atoms with E-state index in [4.69, 9.17) is 32.7 Å². The zero-order valence-electron chi connectivity index (χ0n) is 21.6. The number of anilines is 1. The number of amides is 1. The van der Waals surface area contributed by atoms with Gasteiger partial charge in [-0.15, -0.1) is 0 Å². The van der Waals surface area contributed by atoms with Crippen LogP contribution < -0.4 is 4.90 Å². The minimum absolute atomic E-state index is 0.0920. The number of ether oxygens (including phenoxy) is 2. The van der Waals surface area contributed by atoms with Crippen LogP contribution in [-0.2, 0) is 21.0 Å². The molecule has 0 aliphatic carbocycles. The lowest BCUT2D eigenvalue weighted by Gasteiger charge is -2.28. The summed E-state index contributed by atoms with van der Waals surface area (Å²) in [6.07, 6.45) is 3.18. The van der Waals surface area contributed by atoms with Crippen LogP contribution in [0.4, 0.5) is 5.69 Å². The Morgan fingerprint density at radius 3 is 2.54 bits per heavy atom. The Bertz CT molecular complexity index is 1350. The van der Waals surface area contributed by atoms with Crippen LogP contribution in [0, 0.1) is 0 Å². The second-order valence-corrected chi connectivity index (χ2v) is 16.8. The summed E-state index contributed by atoms with van der Waals surface area (Å²) < 4.78 is 12.9. The second kappa shape index (κ2) is 11.4. The molecule has 2 heterocycles. The fourth-order valence-corrected chi connectivity index (χ4v) is 5.86. The summed E-state index contributed by atoms with van der Waals surface area (Å²) in [5.41, 5.74) is 2.92. The summed E-state index contributed by atoms with van der Waals surface area (Å²) in [5, 5.41) is 1.47. The molecular weight excluding hydrogens is 527 g/mol. The van der Waals surface area contributed by atoms with E-state index in [0.717, 1.165) is 18.2 Å². The number of esters is 1. The summed E-state index contributed by atoms with van der Waals surface area (Å²) in [5.74, 6) is -0.627. The third-order valence-electron chi connectivity index (χ3n) is 6.45. The van der Waals surface area contributed by atoms with Crippen molar-refractivity contribution in [3.05, 3.63) is 69.3 Å². The molecule has 1 saturated heterocycles. The molecule has 0 bridgehead atoms. The Hall–Kier alpha value is -2.58. The van der Waals surface area contributed by atoms with Gasteiger partial charge in [0, 0.05) is 48.5 Å². The van der Waals surface area contributed by atoms with E-state index in [0.29, 0.717) is 51.7 Å². The van der Waals surface area contributed by atoms with Gasteiger partial charge < -0.3 is 18.9 Å². The number of para-hydroxylation sites is 1. The van der Waals surface area contributed by atoms with Crippen molar-refractivity contribution in [2.45, 2.75) is 45.3 Å². The van der Waals surface area contributed by atoms with Crippen LogP contribution in [-0.4, -0.2) is 44.8 Å². The van der Waals surface area contributed by atoms with Gasteiger partial charge in [-0.3, -0.25) is 4.79 Å². The summed E-state index contributed by atoms with van der Waals surface area (Å²) in [6.45, 7) is 8.19. The molecule has 3 aromatic rings. The lowest BCUT2D eigenvalue weighted by Crippen LogP contribution is -2.36. The molecule has 4 rings (SSSR count). The molecule has 0 unspecified atom stereocenters. The van der Waals surface area contributed by atoms with Gasteiger partial charge in [0.2, 0.25) is 0 Å². The van der Waals surface area contributed by atoms with Crippen LogP contribution in [0.1, 0.15) is 28.9 Å². The normalized spacial score (nSPS) is 15.6. The lowest BCUT2D eigenvalue weighted by atomic mass is 9.98. The highest BCUT2D eigenvalue weighted by Crippen LogP contribution is 2.38. The van der Waals surface area contributed by atoms with Crippen molar-refractivity contribution in [1.82, 2.24) is 4.57 Å². The average Bonchev–Trinajstić information content (AvgIpc) is 3.15. The van der Waals surface area contributed by atoms with Crippen LogP contribution >= 0.6 is 23.2 Å². The first-order valence-corrected chi connectivity index (χ1v) is 16.8. The molecule has 0 spiro atoms. The number of carbonyl (C=O) groups is 2. The molecule has 1 fully saturated rings. The molecule has 0 atom stereocenters. The minimum Gasteiger partial charge on any atom is -0.464 e. The molecule has 1 aliphatic heterocycles. The number of aromatic nitrogens is 1. The quantitative estimate of drug-likeness (QED) is 0.126. The van der Waals surface area contributed by atoms with Crippen LogP contribution in [0.2, 0.25) is 35.7 Å². The average molecular weight is 560 g/mol. The molecule has 6 nitrogen and oxygen atoms in total. The first-order valence-electron chi connectivity index (χ1n) is 12.4. The maximum atomic E-state index is 13.5. The highest BCUT2D eigenvalue weighted by atomic mass is 35.5. The number of rotatable bonds is 8. The first-order chi connectivity index (χ1) is 17.6. The fourth-order valence-electron chi connectivity index (χ4n) is 4.52. The largest absolute Gasteiger partial charge is 0.464 e. The molecule has 0 radical (unpaired) electrons. The van der Waals surface area contributed by atoms with Crippen molar-refractivity contribution >= 4 is 65.8 Å². The molecule has 2 aromatic carbocycles. The predicted molar refractivity (Wildman–Crippen MR) is 153 cm³/mol. The van der Waals surface area contributed by atoms with Crippen molar-refractivity contribution in [3.8, 4) is 0 Å². The van der Waals surface area contributed by atoms with Crippen LogP contribution in [0.25, 0.3) is 17.0 Å². The monoisotopic (exact) mass is 558 g/mol. The first kappa shape index (κ1) is 27.5. The SMILES string of the molecule is COC(=O)c1c(/C=C2/CCCN(c3ccccc3)C2=O)c2c(Cl)cc(Cl)cc2n1COCC[Si](C)(C)C. The molecule has 1 aromatic heterocycles. The number of hydrogen-bond donors (Lipinski definition) is 0. The van der Waals surface area contributed by atoms with Gasteiger partial charge in [-0.1, -0.05) is 61.0 Å². The Morgan fingerprint density at radius 1 is 1.14 bits per heavy atom. The summed E-state index contributed by atoms with van der Waals surface area (Å²) >= 11 is 13.1. The standard InChI is InChI=1S/C28H32Cl2N2O4Si/c1-35-28(34)26-22(15-19-9-8-12-31(27(19)33)21-10-6-5-7-11-21)25-23(30)16-20(29)17-24(25)32(26)18-36-13-14-37(2,3)4/h5-7,10-11,15-17H,8-9,12-14,18H2,1-4H3/b19-15-. The van der Waals surface area contributed by atoms with E-state index in [1.165, 1.54) is 7.11 Å². The summed E-state index contributed by atoms with van der Waals surface area (Å²) in [6, 6.07) is 14.0. The van der Waals surface area contributed by atoms with Gasteiger partial charge in [0.05, 0.1) is 17.6 Å². The summed E-state index contributed by atoms with van der Waals surface area (Å²) in [7, 11) is 0.0425. The van der Waals surface area contributed by atoms with E-state index in [9.17, 15) is 9.59 Å². The van der Waals surface area contributed by atoms with Gasteiger partial charge in [0.1, 0.15) is 12.4 Å². The number of halogens is 2. The maximum absolute atomic E-state index is 13.5. The Morgan fingerprint density at radius 2 is 1.86 bits per heavy atom. The van der Waals surface area contributed by atoms with Crippen molar-refractivity contribution in [2.24, 2.45) is 0 Å². The molecule has 1 amide bonds. The predicted octanol–water partition coefficient (Wildman–Crippen LogP) is 7.26. The highest BCUT2D eigenvalue weighted by Gasteiger charge is 2.29. The lowest BCUT2D eigenvalue weighted by molar-refractivity contribution is -0.115. The van der Waals surface area contributed by atoms with Gasteiger partial charge in [-0.2, -0.15) is 0 Å². The third-order valence-corrected chi connectivity index (χ3v) is 8.67. The second-order valence-electron chi connectivity index (χ2n) is 10.4. The van der Waals surface area contributed by atoms with Crippen LogP contribution in [0.3, 0.4) is 0 Å². The number of benzene rings is 2. The number of fused-ring (bicyclic) bond motifs is 1. The van der Waals surface area contributed by atoms with Gasteiger partial charge in [0.15, 0.2) is 0 Å². The van der Waals surface area contributed by atoms with Crippen molar-refractivity contribution in [3.63, 3.8) is 0 Å². The number of piperidine rings is 1. The molecule has 9 heteroatoms. The van der Waals surface area contributed by atoms with E-state index in [1.807, 2.05) is 30.3 Å². The number of carbonyl (C=O) groups excluding carboxylic acids is 2. The molecule has 37 heavy (non-hydrogen) atoms. The molecule has 0 N–H and O–H groups in total. The number of nitrogens with zero attached hydrogens (tertiary/aromatic N) is 2. The van der Waals surface area contributed by atoms with Gasteiger partial charge in [-0.25, -0.2) is 4.79 Å². The highest BCUT2D eigenvalue weighted by molar-refractivity contribution is 6.76. The zero-order chi connectivity index (χ0) is 26.7. The fraction of sp³-hybridized carbons (Fsp3) is 0.357. The van der Waals surface area contributed by atoms with Crippen molar-refractivity contribution in [2.75, 3.05) is 25.2 Å². The van der Waals surface area contributed by atoms with E-state index >= 15 is 0 Å². The van der Waals surface area contributed by atoms with Gasteiger partial charge >= 0.3 is 5.97 Å². The summed E-state index contributed by atoms with van der Waals surface area (Å²) in [4.78, 5) is 28.4. The van der Waals surface area contributed by atoms with Crippen LogP contribution in [0.5, 0.6) is 0 Å². The number of methoxy groups -OCH3 is 1. The molecular formula is C28H32Cl2N2O4Si. The third kappa shape index (κ3) is 6.12. The molecule has 196 valence electrons. The van der Waals surface area contributed by atoms with Crippen LogP contribution in [0.15, 0.2) is 48.0 Å². The van der Waals surface area contributed by atoms with E-state index in [1.54, 1.807) is 27.7 Å². The zero-order valence-corrected chi connectivity index (χ0v) is 24.2. The van der Waals surface area contributed by atoms with Gasteiger partial charge in [-0.05, 0) is 49.2 Å². The molecule has 1 aliphatic rings. The van der Waals surface area contributed by atoms with E-state index in [-0.39, 0.29) is 18.3 Å². The Labute approximate surface area is 228 Å². The Kier molecular flexibility index (Phi) is 8.48. The van der Waals surface area contributed by atoms with E-state index in [2.05, 4.69) is 19.6 Å². The Balaban J connectivity index is 1.83. The smallest absolute Gasteiger partial charge is 0.355 e. The molecule has 0 saturated carbocycles.